The van der Waals surface area contributed by atoms with Crippen molar-refractivity contribution in [2.45, 2.75) is 40.0 Å². The third kappa shape index (κ3) is 2.68. The molecule has 17 heavy (non-hydrogen) atoms. The lowest BCUT2D eigenvalue weighted by Crippen LogP contribution is -2.24. The summed E-state index contributed by atoms with van der Waals surface area (Å²) in [6.07, 6.45) is 4.28. The van der Waals surface area contributed by atoms with Gasteiger partial charge >= 0.3 is 0 Å². The molecule has 0 radical (unpaired) electrons. The second kappa shape index (κ2) is 4.77. The first kappa shape index (κ1) is 12.6. The molecule has 2 rings (SSSR count). The smallest absolute Gasteiger partial charge is 0.146 e. The maximum Gasteiger partial charge on any atom is 0.146 e. The van der Waals surface area contributed by atoms with Crippen LogP contribution in [-0.4, -0.2) is 6.29 Å². The minimum atomic E-state index is 0.301. The van der Waals surface area contributed by atoms with Gasteiger partial charge in [-0.1, -0.05) is 26.8 Å². The predicted octanol–water partition coefficient (Wildman–Crippen LogP) is 4.55. The number of hydrogen-bond acceptors (Lipinski definition) is 2. The molecule has 1 unspecified atom stereocenters. The highest BCUT2D eigenvalue weighted by Gasteiger charge is 2.30. The summed E-state index contributed by atoms with van der Waals surface area (Å²) in [6, 6.07) is 4.19. The maximum absolute atomic E-state index is 11.3. The highest BCUT2D eigenvalue weighted by Crippen LogP contribution is 2.43. The Labute approximate surface area is 108 Å². The van der Waals surface area contributed by atoms with Crippen molar-refractivity contribution in [2.24, 2.45) is 11.3 Å². The highest BCUT2D eigenvalue weighted by molar-refractivity contribution is 7.11. The van der Waals surface area contributed by atoms with Crippen LogP contribution in [0.5, 0.6) is 0 Å². The lowest BCUT2D eigenvalue weighted by Gasteiger charge is -2.34. The maximum atomic E-state index is 11.3. The van der Waals surface area contributed by atoms with E-state index in [2.05, 4.69) is 38.3 Å². The van der Waals surface area contributed by atoms with Gasteiger partial charge < -0.3 is 0 Å². The van der Waals surface area contributed by atoms with E-state index in [1.807, 2.05) is 0 Å². The molecule has 1 aliphatic rings. The van der Waals surface area contributed by atoms with E-state index < -0.39 is 0 Å². The van der Waals surface area contributed by atoms with Crippen LogP contribution in [0.15, 0.2) is 23.1 Å². The standard InChI is InChI=1S/C15H20OS/c1-15(2,3)12-6-7-13(11(9-12)10-16)14-5-4-8-17-14/h4-5,8,10,12H,6-7,9H2,1-3H3. The van der Waals surface area contributed by atoms with Crippen LogP contribution in [0.4, 0.5) is 0 Å². The molecule has 0 fully saturated rings. The lowest BCUT2D eigenvalue weighted by atomic mass is 9.70. The van der Waals surface area contributed by atoms with E-state index in [9.17, 15) is 4.79 Å². The second-order valence-electron chi connectivity index (χ2n) is 5.90. The molecule has 0 aliphatic heterocycles. The van der Waals surface area contributed by atoms with E-state index >= 15 is 0 Å². The summed E-state index contributed by atoms with van der Waals surface area (Å²) in [5.74, 6) is 0.631. The molecular weight excluding hydrogens is 228 g/mol. The van der Waals surface area contributed by atoms with E-state index in [4.69, 9.17) is 0 Å². The zero-order chi connectivity index (χ0) is 12.5. The number of rotatable bonds is 2. The van der Waals surface area contributed by atoms with E-state index in [1.165, 1.54) is 16.9 Å². The van der Waals surface area contributed by atoms with Crippen LogP contribution < -0.4 is 0 Å². The van der Waals surface area contributed by atoms with Gasteiger partial charge in [-0.15, -0.1) is 11.3 Å². The summed E-state index contributed by atoms with van der Waals surface area (Å²) in [6.45, 7) is 6.82. The molecule has 0 amide bonds. The highest BCUT2D eigenvalue weighted by atomic mass is 32.1. The molecule has 92 valence electrons. The van der Waals surface area contributed by atoms with Gasteiger partial charge in [0.1, 0.15) is 6.29 Å². The SMILES string of the molecule is CC(C)(C)C1CCC(c2cccs2)=C(C=O)C1. The Kier molecular flexibility index (Phi) is 3.53. The number of aldehydes is 1. The van der Waals surface area contributed by atoms with Gasteiger partial charge in [-0.2, -0.15) is 0 Å². The van der Waals surface area contributed by atoms with Gasteiger partial charge in [-0.3, -0.25) is 4.79 Å². The fourth-order valence-corrected chi connectivity index (χ4v) is 3.40. The van der Waals surface area contributed by atoms with Gasteiger partial charge in [0.2, 0.25) is 0 Å². The second-order valence-corrected chi connectivity index (χ2v) is 6.85. The predicted molar refractivity (Wildman–Crippen MR) is 74.1 cm³/mol. The molecule has 1 atom stereocenters. The van der Waals surface area contributed by atoms with Gasteiger partial charge in [-0.25, -0.2) is 0 Å². The first-order valence-electron chi connectivity index (χ1n) is 6.23. The van der Waals surface area contributed by atoms with Gasteiger partial charge in [-0.05, 0) is 53.2 Å². The van der Waals surface area contributed by atoms with Crippen molar-refractivity contribution < 1.29 is 4.79 Å². The Morgan fingerprint density at radius 3 is 2.71 bits per heavy atom. The molecule has 1 aromatic rings. The average molecular weight is 248 g/mol. The summed E-state index contributed by atoms with van der Waals surface area (Å²) in [4.78, 5) is 12.6. The number of carbonyl (C=O) groups is 1. The number of allylic oxidation sites excluding steroid dienone is 2. The fourth-order valence-electron chi connectivity index (χ4n) is 2.56. The van der Waals surface area contributed by atoms with Gasteiger partial charge in [0.05, 0.1) is 0 Å². The number of carbonyl (C=O) groups excluding carboxylic acids is 1. The quantitative estimate of drug-likeness (QED) is 0.702. The van der Waals surface area contributed by atoms with Crippen LogP contribution in [0.1, 0.15) is 44.9 Å². The van der Waals surface area contributed by atoms with E-state index in [1.54, 1.807) is 11.3 Å². The number of hydrogen-bond donors (Lipinski definition) is 0. The minimum absolute atomic E-state index is 0.301. The average Bonchev–Trinajstić information content (AvgIpc) is 2.80. The third-order valence-corrected chi connectivity index (χ3v) is 4.71. The molecule has 1 aliphatic carbocycles. The van der Waals surface area contributed by atoms with Crippen molar-refractivity contribution in [1.82, 2.24) is 0 Å². The molecule has 1 heterocycles. The molecule has 0 spiro atoms. The van der Waals surface area contributed by atoms with Gasteiger partial charge in [0.25, 0.3) is 0 Å². The molecule has 2 heteroatoms. The Morgan fingerprint density at radius 1 is 1.41 bits per heavy atom. The van der Waals surface area contributed by atoms with Crippen molar-refractivity contribution in [3.05, 3.63) is 28.0 Å². The first-order chi connectivity index (χ1) is 8.02. The molecule has 1 aromatic heterocycles. The fraction of sp³-hybridized carbons (Fsp3) is 0.533. The Balaban J connectivity index is 2.28. The zero-order valence-electron chi connectivity index (χ0n) is 10.8. The molecular formula is C15H20OS. The third-order valence-electron chi connectivity index (χ3n) is 3.78. The van der Waals surface area contributed by atoms with Crippen molar-refractivity contribution in [3.63, 3.8) is 0 Å². The monoisotopic (exact) mass is 248 g/mol. The Bertz CT molecular complexity index is 420. The largest absolute Gasteiger partial charge is 0.298 e. The van der Waals surface area contributed by atoms with Gasteiger partial charge in [0, 0.05) is 4.88 Å². The number of thiophene rings is 1. The molecule has 0 bridgehead atoms. The van der Waals surface area contributed by atoms with Crippen molar-refractivity contribution in [1.29, 1.82) is 0 Å². The van der Waals surface area contributed by atoms with Crippen LogP contribution in [-0.2, 0) is 4.79 Å². The lowest BCUT2D eigenvalue weighted by molar-refractivity contribution is -0.105. The van der Waals surface area contributed by atoms with Crippen LogP contribution in [0.3, 0.4) is 0 Å². The van der Waals surface area contributed by atoms with E-state index in [0.717, 1.165) is 24.7 Å². The van der Waals surface area contributed by atoms with Crippen molar-refractivity contribution in [3.8, 4) is 0 Å². The van der Waals surface area contributed by atoms with Crippen molar-refractivity contribution in [2.75, 3.05) is 0 Å². The zero-order valence-corrected chi connectivity index (χ0v) is 11.6. The normalized spacial score (nSPS) is 21.7. The molecule has 0 saturated carbocycles. The van der Waals surface area contributed by atoms with Gasteiger partial charge in [0.15, 0.2) is 0 Å². The minimum Gasteiger partial charge on any atom is -0.298 e. The summed E-state index contributed by atoms with van der Waals surface area (Å²) in [7, 11) is 0. The van der Waals surface area contributed by atoms with Crippen LogP contribution in [0.25, 0.3) is 5.57 Å². The molecule has 0 aromatic carbocycles. The van der Waals surface area contributed by atoms with E-state index in [-0.39, 0.29) is 0 Å². The van der Waals surface area contributed by atoms with E-state index in [0.29, 0.717) is 11.3 Å². The Hall–Kier alpha value is -0.890. The summed E-state index contributed by atoms with van der Waals surface area (Å²) in [5.41, 5.74) is 2.61. The Morgan fingerprint density at radius 2 is 2.18 bits per heavy atom. The topological polar surface area (TPSA) is 17.1 Å². The van der Waals surface area contributed by atoms with Crippen LogP contribution in [0, 0.1) is 11.3 Å². The van der Waals surface area contributed by atoms with Crippen LogP contribution >= 0.6 is 11.3 Å². The van der Waals surface area contributed by atoms with Crippen LogP contribution in [0.2, 0.25) is 0 Å². The summed E-state index contributed by atoms with van der Waals surface area (Å²) < 4.78 is 0. The molecule has 0 N–H and O–H groups in total. The summed E-state index contributed by atoms with van der Waals surface area (Å²) in [5, 5.41) is 2.08. The first-order valence-corrected chi connectivity index (χ1v) is 7.11. The molecule has 0 saturated heterocycles. The summed E-state index contributed by atoms with van der Waals surface area (Å²) >= 11 is 1.74. The van der Waals surface area contributed by atoms with Crippen molar-refractivity contribution >= 4 is 23.2 Å². The molecule has 1 nitrogen and oxygen atoms in total.